The predicted octanol–water partition coefficient (Wildman–Crippen LogP) is 4.73. The first-order valence-corrected chi connectivity index (χ1v) is 7.74. The van der Waals surface area contributed by atoms with E-state index >= 15 is 0 Å². The molecule has 0 saturated heterocycles. The molecule has 0 aliphatic heterocycles. The van der Waals surface area contributed by atoms with Gasteiger partial charge in [-0.2, -0.15) is 0 Å². The Bertz CT molecular complexity index is 738. The fraction of sp³-hybridized carbons (Fsp3) is 0.133. The Morgan fingerprint density at radius 3 is 2.52 bits per heavy atom. The number of nitro groups is 1. The molecule has 23 heavy (non-hydrogen) atoms. The number of hydrogen-bond acceptors (Lipinski definition) is 3. The van der Waals surface area contributed by atoms with Gasteiger partial charge in [0.2, 0.25) is 0 Å². The Hall–Kier alpha value is -1.89. The summed E-state index contributed by atoms with van der Waals surface area (Å²) in [6, 6.07) is 11.5. The van der Waals surface area contributed by atoms with Gasteiger partial charge < -0.3 is 10.2 Å². The van der Waals surface area contributed by atoms with Crippen LogP contribution >= 0.6 is 35.4 Å². The maximum Gasteiger partial charge on any atom is 0.269 e. The van der Waals surface area contributed by atoms with E-state index in [1.54, 1.807) is 23.1 Å². The van der Waals surface area contributed by atoms with Crippen LogP contribution in [0.4, 0.5) is 11.4 Å². The number of thiocarbonyl (C=S) groups is 1. The normalized spacial score (nSPS) is 10.2. The Morgan fingerprint density at radius 1 is 1.26 bits per heavy atom. The van der Waals surface area contributed by atoms with Crippen LogP contribution in [-0.4, -0.2) is 22.0 Å². The lowest BCUT2D eigenvalue weighted by Crippen LogP contribution is -2.30. The highest BCUT2D eigenvalue weighted by Gasteiger charge is 2.11. The molecule has 2 aromatic rings. The molecular weight excluding hydrogens is 357 g/mol. The molecule has 0 atom stereocenters. The van der Waals surface area contributed by atoms with Crippen LogP contribution in [0.2, 0.25) is 10.0 Å². The molecule has 0 unspecified atom stereocenters. The summed E-state index contributed by atoms with van der Waals surface area (Å²) in [5, 5.41) is 15.1. The molecule has 0 saturated carbocycles. The molecule has 0 spiro atoms. The number of benzene rings is 2. The van der Waals surface area contributed by atoms with Crippen LogP contribution in [0.25, 0.3) is 0 Å². The average molecular weight is 370 g/mol. The topological polar surface area (TPSA) is 58.4 Å². The lowest BCUT2D eigenvalue weighted by molar-refractivity contribution is -0.384. The van der Waals surface area contributed by atoms with Crippen molar-refractivity contribution in [2.45, 2.75) is 6.54 Å². The van der Waals surface area contributed by atoms with Gasteiger partial charge in [-0.1, -0.05) is 35.3 Å². The molecule has 2 aromatic carbocycles. The highest BCUT2D eigenvalue weighted by Crippen LogP contribution is 2.26. The first kappa shape index (κ1) is 17.5. The van der Waals surface area contributed by atoms with Crippen molar-refractivity contribution in [2.75, 3.05) is 12.4 Å². The van der Waals surface area contributed by atoms with Gasteiger partial charge in [-0.3, -0.25) is 10.1 Å². The quantitative estimate of drug-likeness (QED) is 0.479. The largest absolute Gasteiger partial charge is 0.348 e. The van der Waals surface area contributed by atoms with Gasteiger partial charge in [0, 0.05) is 31.4 Å². The fourth-order valence-electron chi connectivity index (χ4n) is 1.88. The third-order valence-corrected chi connectivity index (χ3v) is 4.39. The Labute approximate surface area is 149 Å². The summed E-state index contributed by atoms with van der Waals surface area (Å²) in [5.41, 5.74) is 1.56. The molecule has 0 aromatic heterocycles. The smallest absolute Gasteiger partial charge is 0.269 e. The molecule has 5 nitrogen and oxygen atoms in total. The van der Waals surface area contributed by atoms with E-state index in [0.717, 1.165) is 5.56 Å². The number of nitrogens with one attached hydrogen (secondary N) is 1. The van der Waals surface area contributed by atoms with Crippen LogP contribution in [0, 0.1) is 10.1 Å². The molecule has 0 fully saturated rings. The minimum absolute atomic E-state index is 0.0283. The number of halogens is 2. The van der Waals surface area contributed by atoms with Crippen molar-refractivity contribution >= 4 is 51.9 Å². The third-order valence-electron chi connectivity index (χ3n) is 3.12. The van der Waals surface area contributed by atoms with E-state index in [4.69, 9.17) is 35.4 Å². The van der Waals surface area contributed by atoms with Gasteiger partial charge >= 0.3 is 0 Å². The summed E-state index contributed by atoms with van der Waals surface area (Å²) in [6.07, 6.45) is 0. The summed E-state index contributed by atoms with van der Waals surface area (Å²) < 4.78 is 0. The van der Waals surface area contributed by atoms with E-state index in [0.29, 0.717) is 27.4 Å². The summed E-state index contributed by atoms with van der Waals surface area (Å²) in [7, 11) is 1.82. The van der Waals surface area contributed by atoms with Gasteiger partial charge in [0.1, 0.15) is 0 Å². The van der Waals surface area contributed by atoms with Gasteiger partial charge in [0.05, 0.1) is 15.0 Å². The van der Waals surface area contributed by atoms with Gasteiger partial charge in [0.15, 0.2) is 5.11 Å². The van der Waals surface area contributed by atoms with Crippen LogP contribution < -0.4 is 5.32 Å². The molecule has 0 aliphatic rings. The van der Waals surface area contributed by atoms with Crippen LogP contribution in [0.3, 0.4) is 0 Å². The summed E-state index contributed by atoms with van der Waals surface area (Å²) in [6.45, 7) is 0.484. The summed E-state index contributed by atoms with van der Waals surface area (Å²) in [4.78, 5) is 12.0. The highest BCUT2D eigenvalue weighted by atomic mass is 35.5. The first-order valence-electron chi connectivity index (χ1n) is 6.58. The lowest BCUT2D eigenvalue weighted by atomic mass is 10.2. The number of non-ortho nitro benzene ring substituents is 1. The molecule has 0 radical (unpaired) electrons. The highest BCUT2D eigenvalue weighted by molar-refractivity contribution is 7.80. The lowest BCUT2D eigenvalue weighted by Gasteiger charge is -2.22. The van der Waals surface area contributed by atoms with E-state index < -0.39 is 4.92 Å². The van der Waals surface area contributed by atoms with Crippen molar-refractivity contribution in [3.8, 4) is 0 Å². The van der Waals surface area contributed by atoms with Crippen molar-refractivity contribution in [2.24, 2.45) is 0 Å². The second-order valence-electron chi connectivity index (χ2n) is 4.80. The van der Waals surface area contributed by atoms with Gasteiger partial charge in [-0.05, 0) is 36.0 Å². The summed E-state index contributed by atoms with van der Waals surface area (Å²) >= 11 is 17.5. The fourth-order valence-corrected chi connectivity index (χ4v) is 2.45. The Balaban J connectivity index is 2.02. The molecule has 0 amide bonds. The van der Waals surface area contributed by atoms with E-state index in [-0.39, 0.29) is 5.69 Å². The monoisotopic (exact) mass is 369 g/mol. The van der Waals surface area contributed by atoms with Gasteiger partial charge in [0.25, 0.3) is 5.69 Å². The number of rotatable bonds is 4. The molecule has 8 heteroatoms. The standard InChI is InChI=1S/C15H13Cl2N3O2S/c1-19(9-10-3-2-4-13(16)14(10)17)15(23)18-11-5-7-12(8-6-11)20(21)22/h2-8H,9H2,1H3,(H,18,23). The molecule has 0 aliphatic carbocycles. The van der Waals surface area contributed by atoms with Crippen molar-refractivity contribution in [1.29, 1.82) is 0 Å². The minimum Gasteiger partial charge on any atom is -0.348 e. The molecule has 2 rings (SSSR count). The van der Waals surface area contributed by atoms with Crippen LogP contribution in [-0.2, 0) is 6.54 Å². The van der Waals surface area contributed by atoms with E-state index in [1.807, 2.05) is 19.2 Å². The number of nitro benzene ring substituents is 1. The van der Waals surface area contributed by atoms with E-state index in [9.17, 15) is 10.1 Å². The van der Waals surface area contributed by atoms with E-state index in [1.165, 1.54) is 12.1 Å². The second-order valence-corrected chi connectivity index (χ2v) is 5.98. The SMILES string of the molecule is CN(Cc1cccc(Cl)c1Cl)C(=S)Nc1ccc([N+](=O)[O-])cc1. The average Bonchev–Trinajstić information content (AvgIpc) is 2.52. The molecule has 1 N–H and O–H groups in total. The number of anilines is 1. The van der Waals surface area contributed by atoms with Crippen LogP contribution in [0.15, 0.2) is 42.5 Å². The van der Waals surface area contributed by atoms with Gasteiger partial charge in [-0.15, -0.1) is 0 Å². The Morgan fingerprint density at radius 2 is 1.91 bits per heavy atom. The van der Waals surface area contributed by atoms with Crippen molar-refractivity contribution in [3.63, 3.8) is 0 Å². The maximum atomic E-state index is 10.6. The summed E-state index contributed by atoms with van der Waals surface area (Å²) in [5.74, 6) is 0. The van der Waals surface area contributed by atoms with Gasteiger partial charge in [-0.25, -0.2) is 0 Å². The van der Waals surface area contributed by atoms with E-state index in [2.05, 4.69) is 5.32 Å². The zero-order chi connectivity index (χ0) is 17.0. The zero-order valence-corrected chi connectivity index (χ0v) is 14.5. The number of nitrogens with zero attached hydrogens (tertiary/aromatic N) is 2. The van der Waals surface area contributed by atoms with Crippen LogP contribution in [0.5, 0.6) is 0 Å². The number of hydrogen-bond donors (Lipinski definition) is 1. The molecular formula is C15H13Cl2N3O2S. The van der Waals surface area contributed by atoms with Crippen molar-refractivity contribution in [1.82, 2.24) is 4.90 Å². The molecule has 0 bridgehead atoms. The molecule has 120 valence electrons. The van der Waals surface area contributed by atoms with Crippen LogP contribution in [0.1, 0.15) is 5.56 Å². The maximum absolute atomic E-state index is 10.6. The first-order chi connectivity index (χ1) is 10.9. The molecule has 0 heterocycles. The Kier molecular flexibility index (Phi) is 5.76. The van der Waals surface area contributed by atoms with Crippen molar-refractivity contribution < 1.29 is 4.92 Å². The zero-order valence-electron chi connectivity index (χ0n) is 12.1. The van der Waals surface area contributed by atoms with Crippen molar-refractivity contribution in [3.05, 3.63) is 68.2 Å². The minimum atomic E-state index is -0.449. The third kappa shape index (κ3) is 4.54. The second kappa shape index (κ2) is 7.59. The predicted molar refractivity (Wildman–Crippen MR) is 97.2 cm³/mol.